The minimum absolute atomic E-state index is 0.0466. The minimum Gasteiger partial charge on any atom is -0.481 e. The van der Waals surface area contributed by atoms with Gasteiger partial charge in [-0.1, -0.05) is 44.2 Å². The topological polar surface area (TPSA) is 55.1 Å². The summed E-state index contributed by atoms with van der Waals surface area (Å²) < 4.78 is 2.24. The van der Waals surface area contributed by atoms with Gasteiger partial charge in [0.2, 0.25) is 0 Å². The van der Waals surface area contributed by atoms with E-state index in [2.05, 4.69) is 24.5 Å². The van der Waals surface area contributed by atoms with Crippen LogP contribution in [0.2, 0.25) is 0 Å². The van der Waals surface area contributed by atoms with Crippen molar-refractivity contribution < 1.29 is 9.90 Å². The van der Waals surface area contributed by atoms with Crippen molar-refractivity contribution in [2.45, 2.75) is 51.2 Å². The van der Waals surface area contributed by atoms with Crippen molar-refractivity contribution in [3.8, 4) is 0 Å². The molecule has 5 heteroatoms. The summed E-state index contributed by atoms with van der Waals surface area (Å²) >= 11 is 1.31. The quantitative estimate of drug-likeness (QED) is 0.776. The van der Waals surface area contributed by atoms with Gasteiger partial charge in [-0.25, -0.2) is 4.98 Å². The summed E-state index contributed by atoms with van der Waals surface area (Å²) in [5.74, 6) is -0.760. The van der Waals surface area contributed by atoms with Crippen LogP contribution in [0.4, 0.5) is 0 Å². The number of aromatic nitrogens is 2. The van der Waals surface area contributed by atoms with Crippen LogP contribution in [-0.4, -0.2) is 26.4 Å². The van der Waals surface area contributed by atoms with Crippen molar-refractivity contribution in [1.82, 2.24) is 9.55 Å². The third-order valence-electron chi connectivity index (χ3n) is 3.67. The lowest BCUT2D eigenvalue weighted by Gasteiger charge is -2.19. The summed E-state index contributed by atoms with van der Waals surface area (Å²) in [6, 6.07) is 6.54. The van der Waals surface area contributed by atoms with E-state index < -0.39 is 5.97 Å². The largest absolute Gasteiger partial charge is 0.481 e. The number of aliphatic carboxylic acids is 1. The van der Waals surface area contributed by atoms with Gasteiger partial charge in [-0.2, -0.15) is 0 Å². The second-order valence-corrected chi connectivity index (χ2v) is 6.18. The molecule has 0 amide bonds. The zero-order chi connectivity index (χ0) is 15.4. The van der Waals surface area contributed by atoms with Crippen molar-refractivity contribution in [2.24, 2.45) is 0 Å². The van der Waals surface area contributed by atoms with Gasteiger partial charge in [0.15, 0.2) is 5.16 Å². The van der Waals surface area contributed by atoms with Crippen LogP contribution in [0.5, 0.6) is 0 Å². The number of carboxylic acids is 1. The molecule has 0 fully saturated rings. The molecule has 1 heterocycles. The molecule has 0 bridgehead atoms. The first-order valence-corrected chi connectivity index (χ1v) is 8.39. The summed E-state index contributed by atoms with van der Waals surface area (Å²) in [7, 11) is 0. The summed E-state index contributed by atoms with van der Waals surface area (Å²) in [5.41, 5.74) is 3.23. The van der Waals surface area contributed by atoms with Gasteiger partial charge < -0.3 is 9.67 Å². The zero-order valence-electron chi connectivity index (χ0n) is 12.8. The molecule has 0 aliphatic heterocycles. The second-order valence-electron chi connectivity index (χ2n) is 5.24. The molecule has 114 valence electrons. The van der Waals surface area contributed by atoms with Gasteiger partial charge in [-0.15, -0.1) is 0 Å². The van der Waals surface area contributed by atoms with Crippen molar-refractivity contribution in [1.29, 1.82) is 0 Å². The average molecular weight is 306 g/mol. The number of aryl methyl sites for hydroxylation is 1. The Morgan fingerprint density at radius 3 is 2.81 bits per heavy atom. The lowest BCUT2D eigenvalue weighted by Crippen LogP contribution is -2.10. The van der Waals surface area contributed by atoms with Gasteiger partial charge in [0, 0.05) is 6.04 Å². The van der Waals surface area contributed by atoms with Crippen LogP contribution < -0.4 is 0 Å². The third-order valence-corrected chi connectivity index (χ3v) is 4.61. The third kappa shape index (κ3) is 3.40. The van der Waals surface area contributed by atoms with Crippen LogP contribution >= 0.6 is 11.8 Å². The molecule has 0 aliphatic carbocycles. The average Bonchev–Trinajstić information content (AvgIpc) is 2.82. The molecule has 1 N–H and O–H groups in total. The Balaban J connectivity index is 2.53. The Kier molecular flexibility index (Phi) is 5.28. The SMILES string of the molecule is CCCC(CC)n1c(SCC(=O)O)nc2c(C)cccc21. The number of carboxylic acid groups (broad SMARTS) is 1. The number of benzene rings is 1. The van der Waals surface area contributed by atoms with E-state index >= 15 is 0 Å². The highest BCUT2D eigenvalue weighted by Crippen LogP contribution is 2.32. The molecule has 1 atom stereocenters. The van der Waals surface area contributed by atoms with E-state index in [0.29, 0.717) is 6.04 Å². The standard InChI is InChI=1S/C16H22N2O2S/c1-4-7-12(5-2)18-13-9-6-8-11(3)15(13)17-16(18)21-10-14(19)20/h6,8-9,12H,4-5,7,10H2,1-3H3,(H,19,20). The highest BCUT2D eigenvalue weighted by molar-refractivity contribution is 7.99. The normalized spacial score (nSPS) is 12.7. The molecule has 21 heavy (non-hydrogen) atoms. The maximum Gasteiger partial charge on any atom is 0.313 e. The maximum absolute atomic E-state index is 10.9. The smallest absolute Gasteiger partial charge is 0.313 e. The Labute approximate surface area is 129 Å². The molecule has 2 rings (SSSR count). The summed E-state index contributed by atoms with van der Waals surface area (Å²) in [6.45, 7) is 6.40. The van der Waals surface area contributed by atoms with Crippen molar-refractivity contribution >= 4 is 28.8 Å². The van der Waals surface area contributed by atoms with Crippen LogP contribution in [0.1, 0.15) is 44.7 Å². The first-order chi connectivity index (χ1) is 10.1. The molecular weight excluding hydrogens is 284 g/mol. The zero-order valence-corrected chi connectivity index (χ0v) is 13.6. The minimum atomic E-state index is -0.807. The fourth-order valence-electron chi connectivity index (χ4n) is 2.67. The van der Waals surface area contributed by atoms with Crippen molar-refractivity contribution in [3.63, 3.8) is 0 Å². The van der Waals surface area contributed by atoms with Gasteiger partial charge in [0.1, 0.15) is 0 Å². The number of hydrogen-bond acceptors (Lipinski definition) is 3. The highest BCUT2D eigenvalue weighted by atomic mass is 32.2. The number of hydrogen-bond donors (Lipinski definition) is 1. The van der Waals surface area contributed by atoms with Gasteiger partial charge in [0.25, 0.3) is 0 Å². The summed E-state index contributed by atoms with van der Waals surface area (Å²) in [5, 5.41) is 9.76. The van der Waals surface area contributed by atoms with Crippen LogP contribution in [0.25, 0.3) is 11.0 Å². The van der Waals surface area contributed by atoms with E-state index in [-0.39, 0.29) is 5.75 Å². The predicted molar refractivity (Wildman–Crippen MR) is 87.1 cm³/mol. The second kappa shape index (κ2) is 6.98. The van der Waals surface area contributed by atoms with E-state index in [1.807, 2.05) is 19.1 Å². The van der Waals surface area contributed by atoms with E-state index in [1.54, 1.807) is 0 Å². The van der Waals surface area contributed by atoms with Gasteiger partial charge in [-0.05, 0) is 31.4 Å². The predicted octanol–water partition coefficient (Wildman–Crippen LogP) is 4.27. The van der Waals surface area contributed by atoms with Crippen LogP contribution in [0.3, 0.4) is 0 Å². The number of para-hydroxylation sites is 1. The van der Waals surface area contributed by atoms with Gasteiger partial charge >= 0.3 is 5.97 Å². The van der Waals surface area contributed by atoms with E-state index in [9.17, 15) is 4.79 Å². The van der Waals surface area contributed by atoms with E-state index in [0.717, 1.165) is 41.0 Å². The number of nitrogens with zero attached hydrogens (tertiary/aromatic N) is 2. The fraction of sp³-hybridized carbons (Fsp3) is 0.500. The molecule has 2 aromatic rings. The first kappa shape index (κ1) is 15.9. The molecule has 4 nitrogen and oxygen atoms in total. The Bertz CT molecular complexity index is 636. The molecule has 0 aliphatic rings. The molecule has 0 radical (unpaired) electrons. The summed E-state index contributed by atoms with van der Waals surface area (Å²) in [4.78, 5) is 15.6. The fourth-order valence-corrected chi connectivity index (χ4v) is 3.46. The molecule has 0 saturated carbocycles. The Morgan fingerprint density at radius 2 is 2.19 bits per heavy atom. The van der Waals surface area contributed by atoms with Crippen molar-refractivity contribution in [2.75, 3.05) is 5.75 Å². The number of fused-ring (bicyclic) bond motifs is 1. The number of imidazole rings is 1. The van der Waals surface area contributed by atoms with Gasteiger partial charge in [0.05, 0.1) is 16.8 Å². The first-order valence-electron chi connectivity index (χ1n) is 7.40. The highest BCUT2D eigenvalue weighted by Gasteiger charge is 2.19. The van der Waals surface area contributed by atoms with E-state index in [1.165, 1.54) is 11.8 Å². The molecular formula is C16H22N2O2S. The molecule has 0 spiro atoms. The van der Waals surface area contributed by atoms with E-state index in [4.69, 9.17) is 10.1 Å². The van der Waals surface area contributed by atoms with Crippen LogP contribution in [0, 0.1) is 6.92 Å². The van der Waals surface area contributed by atoms with Gasteiger partial charge in [-0.3, -0.25) is 4.79 Å². The molecule has 0 saturated heterocycles. The Hall–Kier alpha value is -1.49. The van der Waals surface area contributed by atoms with Crippen LogP contribution in [0.15, 0.2) is 23.4 Å². The van der Waals surface area contributed by atoms with Crippen LogP contribution in [-0.2, 0) is 4.79 Å². The van der Waals surface area contributed by atoms with Crippen molar-refractivity contribution in [3.05, 3.63) is 23.8 Å². The lowest BCUT2D eigenvalue weighted by molar-refractivity contribution is -0.133. The molecule has 1 unspecified atom stereocenters. The Morgan fingerprint density at radius 1 is 1.43 bits per heavy atom. The maximum atomic E-state index is 10.9. The molecule has 1 aromatic carbocycles. The monoisotopic (exact) mass is 306 g/mol. The number of rotatable bonds is 7. The number of carbonyl (C=O) groups is 1. The lowest BCUT2D eigenvalue weighted by atomic mass is 10.1. The summed E-state index contributed by atoms with van der Waals surface area (Å²) in [6.07, 6.45) is 3.21. The molecule has 1 aromatic heterocycles. The number of thioether (sulfide) groups is 1.